The van der Waals surface area contributed by atoms with Gasteiger partial charge in [-0.1, -0.05) is 6.58 Å². The predicted octanol–water partition coefficient (Wildman–Crippen LogP) is 0.811. The van der Waals surface area contributed by atoms with E-state index >= 15 is 0 Å². The molecule has 1 spiro atoms. The molecule has 1 amide bonds. The molecule has 0 bridgehead atoms. The molecule has 0 radical (unpaired) electrons. The van der Waals surface area contributed by atoms with Crippen LogP contribution in [0.15, 0.2) is 12.7 Å². The summed E-state index contributed by atoms with van der Waals surface area (Å²) in [5.74, 6) is 0.0520. The topological polar surface area (TPSA) is 29.5 Å². The van der Waals surface area contributed by atoms with Gasteiger partial charge in [0.25, 0.3) is 0 Å². The molecule has 2 aliphatic heterocycles. The van der Waals surface area contributed by atoms with Crippen molar-refractivity contribution in [2.75, 3.05) is 26.3 Å². The summed E-state index contributed by atoms with van der Waals surface area (Å²) in [7, 11) is 0. The van der Waals surface area contributed by atoms with Crippen molar-refractivity contribution in [3.05, 3.63) is 12.7 Å². The summed E-state index contributed by atoms with van der Waals surface area (Å²) in [5, 5.41) is 0. The van der Waals surface area contributed by atoms with Crippen LogP contribution in [0.25, 0.3) is 0 Å². The van der Waals surface area contributed by atoms with Crippen LogP contribution in [0.2, 0.25) is 0 Å². The van der Waals surface area contributed by atoms with Crippen molar-refractivity contribution in [3.63, 3.8) is 0 Å². The van der Waals surface area contributed by atoms with Gasteiger partial charge in [0.2, 0.25) is 5.91 Å². The fourth-order valence-electron chi connectivity index (χ4n) is 2.21. The van der Waals surface area contributed by atoms with E-state index in [0.717, 1.165) is 32.7 Å². The van der Waals surface area contributed by atoms with Gasteiger partial charge < -0.3 is 9.64 Å². The third kappa shape index (κ3) is 1.48. The number of nitrogens with zero attached hydrogens (tertiary/aromatic N) is 1. The van der Waals surface area contributed by atoms with Gasteiger partial charge in [-0.05, 0) is 18.9 Å². The molecule has 0 atom stereocenters. The van der Waals surface area contributed by atoms with Crippen LogP contribution in [-0.2, 0) is 9.53 Å². The van der Waals surface area contributed by atoms with E-state index in [-0.39, 0.29) is 11.3 Å². The quantitative estimate of drug-likeness (QED) is 0.560. The van der Waals surface area contributed by atoms with Crippen molar-refractivity contribution >= 4 is 5.91 Å². The molecule has 0 aromatic heterocycles. The Bertz CT molecular complexity index is 223. The molecule has 0 aromatic carbocycles. The standard InChI is InChI=1S/C10H15NO2/c1-2-9(12)11-6-10(7-11)4-3-5-13-8-10/h2H,1,3-8H2. The van der Waals surface area contributed by atoms with E-state index < -0.39 is 0 Å². The SMILES string of the molecule is C=CC(=O)N1CC2(CCCOC2)C1. The van der Waals surface area contributed by atoms with E-state index in [0.29, 0.717) is 0 Å². The van der Waals surface area contributed by atoms with Crippen LogP contribution in [0.1, 0.15) is 12.8 Å². The average molecular weight is 181 g/mol. The minimum atomic E-state index is 0.0520. The molecule has 2 heterocycles. The molecular weight excluding hydrogens is 166 g/mol. The van der Waals surface area contributed by atoms with E-state index in [9.17, 15) is 4.79 Å². The fourth-order valence-corrected chi connectivity index (χ4v) is 2.21. The summed E-state index contributed by atoms with van der Waals surface area (Å²) in [4.78, 5) is 13.0. The average Bonchev–Trinajstić information content (AvgIpc) is 2.14. The molecular formula is C10H15NO2. The predicted molar refractivity (Wildman–Crippen MR) is 49.3 cm³/mol. The Hall–Kier alpha value is -0.830. The maximum absolute atomic E-state index is 11.2. The van der Waals surface area contributed by atoms with Gasteiger partial charge in [0.05, 0.1) is 6.61 Å². The molecule has 2 aliphatic rings. The fraction of sp³-hybridized carbons (Fsp3) is 0.700. The van der Waals surface area contributed by atoms with E-state index in [4.69, 9.17) is 4.74 Å². The van der Waals surface area contributed by atoms with E-state index in [1.165, 1.54) is 12.5 Å². The number of rotatable bonds is 1. The van der Waals surface area contributed by atoms with Gasteiger partial charge in [0.1, 0.15) is 0 Å². The molecule has 3 heteroatoms. The molecule has 72 valence electrons. The highest BCUT2D eigenvalue weighted by molar-refractivity contribution is 5.87. The molecule has 0 saturated carbocycles. The van der Waals surface area contributed by atoms with Crippen LogP contribution in [0.5, 0.6) is 0 Å². The lowest BCUT2D eigenvalue weighted by atomic mass is 9.75. The highest BCUT2D eigenvalue weighted by Gasteiger charge is 2.45. The van der Waals surface area contributed by atoms with Gasteiger partial charge in [0, 0.05) is 25.1 Å². The highest BCUT2D eigenvalue weighted by Crippen LogP contribution is 2.37. The molecule has 3 nitrogen and oxygen atoms in total. The second kappa shape index (κ2) is 3.14. The number of carbonyl (C=O) groups is 1. The Kier molecular flexibility index (Phi) is 2.12. The Morgan fingerprint density at radius 3 is 2.85 bits per heavy atom. The van der Waals surface area contributed by atoms with E-state index in [1.807, 2.05) is 4.90 Å². The summed E-state index contributed by atoms with van der Waals surface area (Å²) < 4.78 is 5.43. The number of hydrogen-bond donors (Lipinski definition) is 0. The zero-order valence-electron chi connectivity index (χ0n) is 7.79. The van der Waals surface area contributed by atoms with Crippen LogP contribution in [0.4, 0.5) is 0 Å². The summed E-state index contributed by atoms with van der Waals surface area (Å²) in [6.45, 7) is 6.91. The zero-order valence-corrected chi connectivity index (χ0v) is 7.79. The van der Waals surface area contributed by atoms with Crippen LogP contribution in [-0.4, -0.2) is 37.1 Å². The van der Waals surface area contributed by atoms with E-state index in [2.05, 4.69) is 6.58 Å². The molecule has 0 aromatic rings. The van der Waals surface area contributed by atoms with Crippen LogP contribution < -0.4 is 0 Å². The lowest BCUT2D eigenvalue weighted by Gasteiger charge is -2.51. The van der Waals surface area contributed by atoms with Crippen LogP contribution in [0.3, 0.4) is 0 Å². The molecule has 2 rings (SSSR count). The summed E-state index contributed by atoms with van der Waals surface area (Å²) >= 11 is 0. The normalized spacial score (nSPS) is 25.4. The first-order valence-corrected chi connectivity index (χ1v) is 4.75. The second-order valence-electron chi connectivity index (χ2n) is 4.05. The van der Waals surface area contributed by atoms with Gasteiger partial charge in [0.15, 0.2) is 0 Å². The molecule has 2 fully saturated rings. The first kappa shape index (κ1) is 8.75. The summed E-state index contributed by atoms with van der Waals surface area (Å²) in [5.41, 5.74) is 0.289. The van der Waals surface area contributed by atoms with Crippen molar-refractivity contribution < 1.29 is 9.53 Å². The van der Waals surface area contributed by atoms with Gasteiger partial charge in [-0.3, -0.25) is 4.79 Å². The van der Waals surface area contributed by atoms with Crippen molar-refractivity contribution in [1.29, 1.82) is 0 Å². The third-order valence-corrected chi connectivity index (χ3v) is 2.94. The molecule has 0 unspecified atom stereocenters. The Labute approximate surface area is 78.4 Å². The minimum absolute atomic E-state index is 0.0520. The Balaban J connectivity index is 1.88. The number of ether oxygens (including phenoxy) is 1. The molecule has 13 heavy (non-hydrogen) atoms. The largest absolute Gasteiger partial charge is 0.381 e. The molecule has 0 aliphatic carbocycles. The van der Waals surface area contributed by atoms with Gasteiger partial charge >= 0.3 is 0 Å². The maximum Gasteiger partial charge on any atom is 0.245 e. The van der Waals surface area contributed by atoms with Crippen LogP contribution in [0, 0.1) is 5.41 Å². The molecule has 0 N–H and O–H groups in total. The Morgan fingerprint density at radius 2 is 2.31 bits per heavy atom. The second-order valence-corrected chi connectivity index (χ2v) is 4.05. The lowest BCUT2D eigenvalue weighted by Crippen LogP contribution is -2.61. The zero-order chi connectivity index (χ0) is 9.31. The highest BCUT2D eigenvalue weighted by atomic mass is 16.5. The number of carbonyl (C=O) groups excluding carboxylic acids is 1. The number of amides is 1. The minimum Gasteiger partial charge on any atom is -0.381 e. The van der Waals surface area contributed by atoms with Gasteiger partial charge in [-0.25, -0.2) is 0 Å². The Morgan fingerprint density at radius 1 is 1.54 bits per heavy atom. The summed E-state index contributed by atoms with van der Waals surface area (Å²) in [6.07, 6.45) is 3.72. The van der Waals surface area contributed by atoms with Crippen molar-refractivity contribution in [1.82, 2.24) is 4.90 Å². The third-order valence-electron chi connectivity index (χ3n) is 2.94. The van der Waals surface area contributed by atoms with Gasteiger partial charge in [-0.15, -0.1) is 0 Å². The number of likely N-dealkylation sites (tertiary alicyclic amines) is 1. The monoisotopic (exact) mass is 181 g/mol. The molecule has 2 saturated heterocycles. The first-order valence-electron chi connectivity index (χ1n) is 4.75. The number of hydrogen-bond acceptors (Lipinski definition) is 2. The maximum atomic E-state index is 11.2. The van der Waals surface area contributed by atoms with Crippen LogP contribution >= 0.6 is 0 Å². The lowest BCUT2D eigenvalue weighted by molar-refractivity contribution is -0.148. The van der Waals surface area contributed by atoms with Crippen molar-refractivity contribution in [2.45, 2.75) is 12.8 Å². The van der Waals surface area contributed by atoms with Gasteiger partial charge in [-0.2, -0.15) is 0 Å². The summed E-state index contributed by atoms with van der Waals surface area (Å²) in [6, 6.07) is 0. The smallest absolute Gasteiger partial charge is 0.245 e. The first-order chi connectivity index (χ1) is 6.26. The van der Waals surface area contributed by atoms with Crippen molar-refractivity contribution in [2.24, 2.45) is 5.41 Å². The van der Waals surface area contributed by atoms with E-state index in [1.54, 1.807) is 0 Å². The van der Waals surface area contributed by atoms with Crippen molar-refractivity contribution in [3.8, 4) is 0 Å².